The number of methoxy groups -OCH3 is 1. The van der Waals surface area contributed by atoms with Gasteiger partial charge in [-0.1, -0.05) is 6.92 Å². The highest BCUT2D eigenvalue weighted by Gasteiger charge is 2.44. The molecule has 7 heteroatoms. The molecule has 6 nitrogen and oxygen atoms in total. The first-order valence-corrected chi connectivity index (χ1v) is 10.6. The molecular formula is C20H30N2O4S. The Morgan fingerprint density at radius 1 is 1.37 bits per heavy atom. The summed E-state index contributed by atoms with van der Waals surface area (Å²) in [5.41, 5.74) is 0.924. The molecule has 2 aliphatic rings. The molecule has 2 aliphatic heterocycles. The lowest BCUT2D eigenvalue weighted by atomic mass is 9.84. The van der Waals surface area contributed by atoms with Crippen LogP contribution in [0.25, 0.3) is 0 Å². The van der Waals surface area contributed by atoms with E-state index in [-0.39, 0.29) is 29.6 Å². The summed E-state index contributed by atoms with van der Waals surface area (Å²) in [5, 5.41) is 2.98. The van der Waals surface area contributed by atoms with Crippen LogP contribution in [0.2, 0.25) is 0 Å². The van der Waals surface area contributed by atoms with Crippen molar-refractivity contribution in [3.8, 4) is 0 Å². The van der Waals surface area contributed by atoms with E-state index in [1.807, 2.05) is 26.8 Å². The van der Waals surface area contributed by atoms with Crippen LogP contribution in [0.5, 0.6) is 0 Å². The van der Waals surface area contributed by atoms with Crippen molar-refractivity contribution in [2.45, 2.75) is 64.1 Å². The minimum atomic E-state index is -0.320. The van der Waals surface area contributed by atoms with Gasteiger partial charge in [0.1, 0.15) is 11.6 Å². The number of carbonyl (C=O) groups excluding carboxylic acids is 2. The molecule has 27 heavy (non-hydrogen) atoms. The SMILES string of the molecule is CCC(C(=O)OC)N1CCC2(CC1)OCCc1cc(C(=O)NC(C)C)sc12. The van der Waals surface area contributed by atoms with Crippen molar-refractivity contribution in [2.75, 3.05) is 26.8 Å². The van der Waals surface area contributed by atoms with Crippen LogP contribution in [0, 0.1) is 0 Å². The molecule has 1 spiro atoms. The van der Waals surface area contributed by atoms with E-state index < -0.39 is 0 Å². The lowest BCUT2D eigenvalue weighted by Crippen LogP contribution is -2.51. The Hall–Kier alpha value is -1.44. The fraction of sp³-hybridized carbons (Fsp3) is 0.700. The van der Waals surface area contributed by atoms with E-state index in [2.05, 4.69) is 10.2 Å². The number of thiophene rings is 1. The maximum atomic E-state index is 12.4. The first-order chi connectivity index (χ1) is 12.9. The fourth-order valence-corrected chi connectivity index (χ4v) is 5.46. The summed E-state index contributed by atoms with van der Waals surface area (Å²) in [4.78, 5) is 28.6. The van der Waals surface area contributed by atoms with Crippen molar-refractivity contribution in [1.29, 1.82) is 0 Å². The molecule has 1 saturated heterocycles. The second kappa shape index (κ2) is 8.29. The number of likely N-dealkylation sites (tertiary alicyclic amines) is 1. The summed E-state index contributed by atoms with van der Waals surface area (Å²) >= 11 is 1.57. The molecule has 150 valence electrons. The van der Waals surface area contributed by atoms with Gasteiger partial charge in [0.05, 0.1) is 18.6 Å². The zero-order valence-electron chi connectivity index (χ0n) is 16.7. The van der Waals surface area contributed by atoms with Gasteiger partial charge in [0.2, 0.25) is 0 Å². The summed E-state index contributed by atoms with van der Waals surface area (Å²) in [6, 6.07) is 1.97. The van der Waals surface area contributed by atoms with Crippen molar-refractivity contribution in [2.24, 2.45) is 0 Å². The summed E-state index contributed by atoms with van der Waals surface area (Å²) in [5.74, 6) is -0.170. The molecule has 1 fully saturated rings. The predicted octanol–water partition coefficient (Wildman–Crippen LogP) is 2.70. The average molecular weight is 395 g/mol. The standard InChI is InChI=1S/C20H30N2O4S/c1-5-15(19(24)25-4)22-9-7-20(8-10-22)17-14(6-11-26-20)12-16(27-17)18(23)21-13(2)3/h12-13,15H,5-11H2,1-4H3,(H,21,23). The van der Waals surface area contributed by atoms with Gasteiger partial charge < -0.3 is 14.8 Å². The van der Waals surface area contributed by atoms with Crippen LogP contribution in [0.4, 0.5) is 0 Å². The second-order valence-corrected chi connectivity index (χ2v) is 8.72. The van der Waals surface area contributed by atoms with Crippen molar-refractivity contribution in [1.82, 2.24) is 10.2 Å². The van der Waals surface area contributed by atoms with E-state index in [4.69, 9.17) is 9.47 Å². The number of hydrogen-bond donors (Lipinski definition) is 1. The van der Waals surface area contributed by atoms with Gasteiger partial charge in [-0.3, -0.25) is 14.5 Å². The normalized spacial score (nSPS) is 20.3. The van der Waals surface area contributed by atoms with Gasteiger partial charge in [-0.05, 0) is 51.2 Å². The number of esters is 1. The van der Waals surface area contributed by atoms with E-state index in [1.165, 1.54) is 17.6 Å². The van der Waals surface area contributed by atoms with E-state index in [9.17, 15) is 9.59 Å². The van der Waals surface area contributed by atoms with E-state index in [1.54, 1.807) is 11.3 Å². The first kappa shape index (κ1) is 20.3. The fourth-order valence-electron chi connectivity index (χ4n) is 4.15. The molecule has 3 heterocycles. The Morgan fingerprint density at radius 3 is 2.67 bits per heavy atom. The zero-order chi connectivity index (χ0) is 19.6. The number of fused-ring (bicyclic) bond motifs is 2. The number of rotatable bonds is 5. The molecule has 0 aliphatic carbocycles. The van der Waals surface area contributed by atoms with Gasteiger partial charge in [0, 0.05) is 24.0 Å². The number of carbonyl (C=O) groups is 2. The smallest absolute Gasteiger partial charge is 0.323 e. The third kappa shape index (κ3) is 4.05. The van der Waals surface area contributed by atoms with Crippen molar-refractivity contribution in [3.63, 3.8) is 0 Å². The Balaban J connectivity index is 1.77. The highest BCUT2D eigenvalue weighted by atomic mass is 32.1. The summed E-state index contributed by atoms with van der Waals surface area (Å²) in [6.07, 6.45) is 3.26. The Labute approximate surface area is 165 Å². The van der Waals surface area contributed by atoms with Gasteiger partial charge >= 0.3 is 5.97 Å². The summed E-state index contributed by atoms with van der Waals surface area (Å²) in [7, 11) is 1.45. The van der Waals surface area contributed by atoms with Crippen LogP contribution in [-0.2, 0) is 26.3 Å². The monoisotopic (exact) mass is 394 g/mol. The van der Waals surface area contributed by atoms with Crippen LogP contribution in [-0.4, -0.2) is 55.7 Å². The van der Waals surface area contributed by atoms with Gasteiger partial charge in [-0.15, -0.1) is 11.3 Å². The Bertz CT molecular complexity index is 692. The maximum Gasteiger partial charge on any atom is 0.323 e. The number of ether oxygens (including phenoxy) is 2. The molecule has 1 aromatic rings. The third-order valence-corrected chi connectivity index (χ3v) is 6.88. The average Bonchev–Trinajstić information content (AvgIpc) is 3.09. The number of piperidine rings is 1. The van der Waals surface area contributed by atoms with Crippen LogP contribution >= 0.6 is 11.3 Å². The van der Waals surface area contributed by atoms with Crippen molar-refractivity contribution in [3.05, 3.63) is 21.4 Å². The lowest BCUT2D eigenvalue weighted by molar-refractivity contribution is -0.151. The van der Waals surface area contributed by atoms with Gasteiger partial charge in [0.25, 0.3) is 5.91 Å². The van der Waals surface area contributed by atoms with E-state index in [0.29, 0.717) is 6.61 Å². The summed E-state index contributed by atoms with van der Waals surface area (Å²) < 4.78 is 11.2. The number of amides is 1. The minimum Gasteiger partial charge on any atom is -0.468 e. The largest absolute Gasteiger partial charge is 0.468 e. The Morgan fingerprint density at radius 2 is 2.07 bits per heavy atom. The molecule has 0 aromatic carbocycles. The number of hydrogen-bond acceptors (Lipinski definition) is 6. The molecule has 0 bridgehead atoms. The van der Waals surface area contributed by atoms with Crippen LogP contribution < -0.4 is 5.32 Å². The van der Waals surface area contributed by atoms with Crippen molar-refractivity contribution < 1.29 is 19.1 Å². The third-order valence-electron chi connectivity index (χ3n) is 5.52. The van der Waals surface area contributed by atoms with Crippen molar-refractivity contribution >= 4 is 23.2 Å². The molecule has 1 amide bonds. The molecule has 0 saturated carbocycles. The molecule has 1 atom stereocenters. The van der Waals surface area contributed by atoms with Crippen LogP contribution in [0.15, 0.2) is 6.07 Å². The molecule has 1 N–H and O–H groups in total. The predicted molar refractivity (Wildman–Crippen MR) is 105 cm³/mol. The highest BCUT2D eigenvalue weighted by molar-refractivity contribution is 7.14. The summed E-state index contributed by atoms with van der Waals surface area (Å²) in [6.45, 7) is 8.22. The molecule has 1 aromatic heterocycles. The topological polar surface area (TPSA) is 67.9 Å². The molecule has 0 radical (unpaired) electrons. The van der Waals surface area contributed by atoms with E-state index >= 15 is 0 Å². The van der Waals surface area contributed by atoms with Gasteiger partial charge in [0.15, 0.2) is 0 Å². The molecule has 1 unspecified atom stereocenters. The second-order valence-electron chi connectivity index (χ2n) is 7.67. The quantitative estimate of drug-likeness (QED) is 0.778. The van der Waals surface area contributed by atoms with Gasteiger partial charge in [-0.2, -0.15) is 0 Å². The molecular weight excluding hydrogens is 364 g/mol. The van der Waals surface area contributed by atoms with E-state index in [0.717, 1.165) is 43.6 Å². The number of nitrogens with one attached hydrogen (secondary N) is 1. The maximum absolute atomic E-state index is 12.4. The van der Waals surface area contributed by atoms with Gasteiger partial charge in [-0.25, -0.2) is 0 Å². The van der Waals surface area contributed by atoms with Crippen LogP contribution in [0.3, 0.4) is 0 Å². The lowest BCUT2D eigenvalue weighted by Gasteiger charge is -2.45. The first-order valence-electron chi connectivity index (χ1n) is 9.80. The molecule has 3 rings (SSSR count). The highest BCUT2D eigenvalue weighted by Crippen LogP contribution is 2.45. The number of nitrogens with zero attached hydrogens (tertiary/aromatic N) is 1. The Kier molecular flexibility index (Phi) is 6.23. The van der Waals surface area contributed by atoms with Crippen LogP contribution in [0.1, 0.15) is 60.1 Å². The minimum absolute atomic E-state index is 0.00581. The zero-order valence-corrected chi connectivity index (χ0v) is 17.5.